The Morgan fingerprint density at radius 2 is 2.25 bits per heavy atom. The first kappa shape index (κ1) is 12.7. The molecule has 2 N–H and O–H groups in total. The summed E-state index contributed by atoms with van der Waals surface area (Å²) in [4.78, 5) is 10.5. The van der Waals surface area contributed by atoms with Gasteiger partial charge in [-0.05, 0) is 6.92 Å². The van der Waals surface area contributed by atoms with Gasteiger partial charge in [0.1, 0.15) is 0 Å². The topological polar surface area (TPSA) is 78.4 Å². The standard InChI is InChI=1S/C10H12N2O3.ClH/c1-6-2-3-7-8(11)4-5-15-10(7)9(6)12(13)14;/h2-3,8H,4-5,11H2,1H3;1H/t8-;/m0./s1. The summed E-state index contributed by atoms with van der Waals surface area (Å²) in [5.74, 6) is 0.346. The highest BCUT2D eigenvalue weighted by Crippen LogP contribution is 2.40. The molecular formula is C10H13ClN2O3. The van der Waals surface area contributed by atoms with Crippen molar-refractivity contribution in [1.29, 1.82) is 0 Å². The molecule has 0 radical (unpaired) electrons. The molecule has 0 aliphatic carbocycles. The molecule has 1 heterocycles. The van der Waals surface area contributed by atoms with Gasteiger partial charge in [-0.3, -0.25) is 10.1 Å². The molecule has 1 aromatic carbocycles. The molecule has 0 fully saturated rings. The lowest BCUT2D eigenvalue weighted by atomic mass is 9.98. The van der Waals surface area contributed by atoms with Gasteiger partial charge >= 0.3 is 5.69 Å². The highest BCUT2D eigenvalue weighted by molar-refractivity contribution is 5.85. The second-order valence-electron chi connectivity index (χ2n) is 3.65. The van der Waals surface area contributed by atoms with Gasteiger partial charge in [-0.2, -0.15) is 0 Å². The Hall–Kier alpha value is -1.33. The molecule has 0 aromatic heterocycles. The van der Waals surface area contributed by atoms with Crippen molar-refractivity contribution in [1.82, 2.24) is 0 Å². The van der Waals surface area contributed by atoms with Crippen LogP contribution < -0.4 is 10.5 Å². The van der Waals surface area contributed by atoms with Crippen LogP contribution >= 0.6 is 12.4 Å². The zero-order chi connectivity index (χ0) is 11.0. The number of benzene rings is 1. The fourth-order valence-electron chi connectivity index (χ4n) is 1.80. The Kier molecular flexibility index (Phi) is 3.72. The number of nitro groups is 1. The van der Waals surface area contributed by atoms with Crippen molar-refractivity contribution in [3.8, 4) is 5.75 Å². The van der Waals surface area contributed by atoms with Crippen LogP contribution in [0, 0.1) is 17.0 Å². The van der Waals surface area contributed by atoms with Gasteiger partial charge in [0.2, 0.25) is 5.75 Å². The number of fused-ring (bicyclic) bond motifs is 1. The minimum Gasteiger partial charge on any atom is -0.486 e. The molecule has 5 nitrogen and oxygen atoms in total. The lowest BCUT2D eigenvalue weighted by Crippen LogP contribution is -2.21. The molecule has 0 spiro atoms. The highest BCUT2D eigenvalue weighted by atomic mass is 35.5. The Balaban J connectivity index is 0.00000128. The molecular weight excluding hydrogens is 232 g/mol. The lowest BCUT2D eigenvalue weighted by molar-refractivity contribution is -0.386. The minimum atomic E-state index is -0.411. The van der Waals surface area contributed by atoms with E-state index in [4.69, 9.17) is 10.5 Å². The molecule has 0 bridgehead atoms. The van der Waals surface area contributed by atoms with Crippen molar-refractivity contribution < 1.29 is 9.66 Å². The molecule has 1 atom stereocenters. The van der Waals surface area contributed by atoms with Gasteiger partial charge in [0.05, 0.1) is 11.5 Å². The number of hydrogen-bond donors (Lipinski definition) is 1. The van der Waals surface area contributed by atoms with Crippen LogP contribution in [0.2, 0.25) is 0 Å². The summed E-state index contributed by atoms with van der Waals surface area (Å²) in [6.07, 6.45) is 0.702. The van der Waals surface area contributed by atoms with Gasteiger partial charge < -0.3 is 10.5 Å². The molecule has 88 valence electrons. The van der Waals surface area contributed by atoms with Gasteiger partial charge in [0.15, 0.2) is 0 Å². The maximum Gasteiger partial charge on any atom is 0.314 e. The molecule has 0 unspecified atom stereocenters. The quantitative estimate of drug-likeness (QED) is 0.606. The van der Waals surface area contributed by atoms with Crippen LogP contribution in [0.15, 0.2) is 12.1 Å². The number of aryl methyl sites for hydroxylation is 1. The van der Waals surface area contributed by atoms with Crippen molar-refractivity contribution in [2.75, 3.05) is 6.61 Å². The number of nitrogens with two attached hydrogens (primary N) is 1. The van der Waals surface area contributed by atoms with Crippen LogP contribution in [0.1, 0.15) is 23.6 Å². The first-order chi connectivity index (χ1) is 7.11. The smallest absolute Gasteiger partial charge is 0.314 e. The maximum atomic E-state index is 10.9. The average molecular weight is 245 g/mol. The molecule has 1 aliphatic rings. The SMILES string of the molecule is Cc1ccc2c(c1[N+](=O)[O-])OCC[C@@H]2N.Cl. The number of nitrogens with zero attached hydrogens (tertiary/aromatic N) is 1. The van der Waals surface area contributed by atoms with Gasteiger partial charge in [0, 0.05) is 23.6 Å². The first-order valence-corrected chi connectivity index (χ1v) is 4.77. The fraction of sp³-hybridized carbons (Fsp3) is 0.400. The predicted octanol–water partition coefficient (Wildman–Crippen LogP) is 2.11. The average Bonchev–Trinajstić information content (AvgIpc) is 2.17. The van der Waals surface area contributed by atoms with Crippen molar-refractivity contribution in [3.63, 3.8) is 0 Å². The molecule has 1 aromatic rings. The van der Waals surface area contributed by atoms with E-state index in [2.05, 4.69) is 0 Å². The van der Waals surface area contributed by atoms with E-state index >= 15 is 0 Å². The van der Waals surface area contributed by atoms with Crippen LogP contribution in [0.3, 0.4) is 0 Å². The summed E-state index contributed by atoms with van der Waals surface area (Å²) >= 11 is 0. The summed E-state index contributed by atoms with van der Waals surface area (Å²) < 4.78 is 5.35. The van der Waals surface area contributed by atoms with E-state index in [1.807, 2.05) is 6.07 Å². The molecule has 6 heteroatoms. The zero-order valence-electron chi connectivity index (χ0n) is 8.80. The van der Waals surface area contributed by atoms with Crippen LogP contribution in [-0.2, 0) is 0 Å². The van der Waals surface area contributed by atoms with Crippen LogP contribution in [0.25, 0.3) is 0 Å². The monoisotopic (exact) mass is 244 g/mol. The van der Waals surface area contributed by atoms with E-state index in [9.17, 15) is 10.1 Å². The van der Waals surface area contributed by atoms with E-state index in [-0.39, 0.29) is 24.1 Å². The van der Waals surface area contributed by atoms with Crippen molar-refractivity contribution >= 4 is 18.1 Å². The van der Waals surface area contributed by atoms with Crippen molar-refractivity contribution in [2.45, 2.75) is 19.4 Å². The second-order valence-corrected chi connectivity index (χ2v) is 3.65. The summed E-state index contributed by atoms with van der Waals surface area (Å²) in [6.45, 7) is 2.14. The van der Waals surface area contributed by atoms with Crippen molar-refractivity contribution in [2.24, 2.45) is 5.73 Å². The number of nitro benzene ring substituents is 1. The third-order valence-corrected chi connectivity index (χ3v) is 2.62. The number of ether oxygens (including phenoxy) is 1. The number of halogens is 1. The maximum absolute atomic E-state index is 10.9. The number of hydrogen-bond acceptors (Lipinski definition) is 4. The lowest BCUT2D eigenvalue weighted by Gasteiger charge is -2.22. The Labute approximate surface area is 99.1 Å². The van der Waals surface area contributed by atoms with E-state index in [0.717, 1.165) is 5.56 Å². The van der Waals surface area contributed by atoms with Gasteiger partial charge in [-0.1, -0.05) is 12.1 Å². The Morgan fingerprint density at radius 1 is 1.56 bits per heavy atom. The molecule has 1 aliphatic heterocycles. The summed E-state index contributed by atoms with van der Waals surface area (Å²) in [7, 11) is 0. The van der Waals surface area contributed by atoms with Crippen molar-refractivity contribution in [3.05, 3.63) is 33.4 Å². The zero-order valence-corrected chi connectivity index (χ0v) is 9.62. The van der Waals surface area contributed by atoms with E-state index in [0.29, 0.717) is 24.3 Å². The summed E-state index contributed by atoms with van der Waals surface area (Å²) in [6, 6.07) is 3.36. The fourth-order valence-corrected chi connectivity index (χ4v) is 1.80. The normalized spacial score (nSPS) is 18.0. The predicted molar refractivity (Wildman–Crippen MR) is 62.1 cm³/mol. The van der Waals surface area contributed by atoms with Crippen LogP contribution in [0.5, 0.6) is 5.75 Å². The number of rotatable bonds is 1. The van der Waals surface area contributed by atoms with Gasteiger partial charge in [0.25, 0.3) is 0 Å². The minimum absolute atomic E-state index is 0. The summed E-state index contributed by atoms with van der Waals surface area (Å²) in [5.41, 5.74) is 7.25. The molecule has 0 saturated heterocycles. The molecule has 16 heavy (non-hydrogen) atoms. The second kappa shape index (κ2) is 4.67. The van der Waals surface area contributed by atoms with Gasteiger partial charge in [-0.25, -0.2) is 0 Å². The van der Waals surface area contributed by atoms with Crippen LogP contribution in [0.4, 0.5) is 5.69 Å². The van der Waals surface area contributed by atoms with E-state index in [1.165, 1.54) is 0 Å². The third kappa shape index (κ3) is 1.96. The largest absolute Gasteiger partial charge is 0.486 e. The Morgan fingerprint density at radius 3 is 2.88 bits per heavy atom. The van der Waals surface area contributed by atoms with E-state index in [1.54, 1.807) is 13.0 Å². The molecule has 0 saturated carbocycles. The van der Waals surface area contributed by atoms with E-state index < -0.39 is 4.92 Å². The summed E-state index contributed by atoms with van der Waals surface area (Å²) in [5, 5.41) is 10.9. The highest BCUT2D eigenvalue weighted by Gasteiger charge is 2.28. The first-order valence-electron chi connectivity index (χ1n) is 4.77. The van der Waals surface area contributed by atoms with Gasteiger partial charge in [-0.15, -0.1) is 12.4 Å². The molecule has 0 amide bonds. The third-order valence-electron chi connectivity index (χ3n) is 2.62. The molecule has 2 rings (SSSR count). The Bertz CT molecular complexity index is 423. The van der Waals surface area contributed by atoms with Crippen LogP contribution in [-0.4, -0.2) is 11.5 Å².